The van der Waals surface area contributed by atoms with Gasteiger partial charge in [-0.25, -0.2) is 0 Å². The molecular weight excluding hydrogens is 214 g/mol. The van der Waals surface area contributed by atoms with Crippen LogP contribution in [0.2, 0.25) is 0 Å². The number of nitrogens with two attached hydrogens (primary N) is 1. The van der Waals surface area contributed by atoms with Gasteiger partial charge in [-0.1, -0.05) is 12.1 Å². The van der Waals surface area contributed by atoms with Gasteiger partial charge >= 0.3 is 0 Å². The van der Waals surface area contributed by atoms with Gasteiger partial charge in [0.05, 0.1) is 5.56 Å². The molecule has 1 heterocycles. The van der Waals surface area contributed by atoms with E-state index in [1.165, 1.54) is 12.8 Å². The molecule has 1 aliphatic heterocycles. The molecule has 0 radical (unpaired) electrons. The Morgan fingerprint density at radius 2 is 2.29 bits per heavy atom. The summed E-state index contributed by atoms with van der Waals surface area (Å²) in [4.78, 5) is 13.4. The maximum Gasteiger partial charge on any atom is 0.250 e. The van der Waals surface area contributed by atoms with E-state index in [2.05, 4.69) is 10.2 Å². The highest BCUT2D eigenvalue weighted by atomic mass is 16.1. The van der Waals surface area contributed by atoms with Crippen LogP contribution in [0.4, 0.5) is 5.69 Å². The van der Waals surface area contributed by atoms with Crippen LogP contribution in [0.1, 0.15) is 23.2 Å². The van der Waals surface area contributed by atoms with Crippen LogP contribution >= 0.6 is 0 Å². The summed E-state index contributed by atoms with van der Waals surface area (Å²) in [6.45, 7) is 2.00. The van der Waals surface area contributed by atoms with Crippen LogP contribution in [-0.2, 0) is 0 Å². The molecule has 4 nitrogen and oxygen atoms in total. The fourth-order valence-electron chi connectivity index (χ4n) is 2.36. The van der Waals surface area contributed by atoms with Crippen molar-refractivity contribution in [1.29, 1.82) is 0 Å². The van der Waals surface area contributed by atoms with Crippen molar-refractivity contribution in [3.63, 3.8) is 0 Å². The van der Waals surface area contributed by atoms with Crippen molar-refractivity contribution in [1.82, 2.24) is 5.32 Å². The fourth-order valence-corrected chi connectivity index (χ4v) is 2.36. The maximum atomic E-state index is 11.3. The van der Waals surface area contributed by atoms with Crippen LogP contribution in [0.5, 0.6) is 0 Å². The average Bonchev–Trinajstić information content (AvgIpc) is 2.81. The fraction of sp³-hybridized carbons (Fsp3) is 0.462. The minimum Gasteiger partial charge on any atom is -0.372 e. The molecule has 1 unspecified atom stereocenters. The number of rotatable bonds is 4. The summed E-state index contributed by atoms with van der Waals surface area (Å²) < 4.78 is 0. The lowest BCUT2D eigenvalue weighted by Gasteiger charge is -2.24. The molecule has 0 aromatic heterocycles. The van der Waals surface area contributed by atoms with Gasteiger partial charge in [-0.3, -0.25) is 4.79 Å². The molecule has 0 bridgehead atoms. The monoisotopic (exact) mass is 233 g/mol. The van der Waals surface area contributed by atoms with Crippen LogP contribution in [0.25, 0.3) is 0 Å². The summed E-state index contributed by atoms with van der Waals surface area (Å²) >= 11 is 0. The van der Waals surface area contributed by atoms with E-state index in [4.69, 9.17) is 5.73 Å². The Hall–Kier alpha value is -1.55. The number of likely N-dealkylation sites (N-methyl/N-ethyl adjacent to an activating group) is 1. The number of nitrogens with zero attached hydrogens (tertiary/aromatic N) is 1. The molecule has 4 heteroatoms. The summed E-state index contributed by atoms with van der Waals surface area (Å²) in [7, 11) is 2.00. The smallest absolute Gasteiger partial charge is 0.250 e. The molecule has 0 spiro atoms. The van der Waals surface area contributed by atoms with E-state index < -0.39 is 0 Å². The minimum absolute atomic E-state index is 0.369. The quantitative estimate of drug-likeness (QED) is 0.815. The van der Waals surface area contributed by atoms with Gasteiger partial charge in [0.1, 0.15) is 0 Å². The molecule has 1 saturated heterocycles. The largest absolute Gasteiger partial charge is 0.372 e. The lowest BCUT2D eigenvalue weighted by molar-refractivity contribution is 0.100. The van der Waals surface area contributed by atoms with E-state index >= 15 is 0 Å². The first kappa shape index (κ1) is 11.9. The lowest BCUT2D eigenvalue weighted by atomic mass is 10.1. The Kier molecular flexibility index (Phi) is 3.64. The summed E-state index contributed by atoms with van der Waals surface area (Å²) in [5.41, 5.74) is 6.88. The topological polar surface area (TPSA) is 58.4 Å². The van der Waals surface area contributed by atoms with Crippen molar-refractivity contribution in [2.24, 2.45) is 5.73 Å². The summed E-state index contributed by atoms with van der Waals surface area (Å²) in [5, 5.41) is 3.45. The van der Waals surface area contributed by atoms with E-state index in [1.807, 2.05) is 25.2 Å². The van der Waals surface area contributed by atoms with Crippen LogP contribution < -0.4 is 16.0 Å². The van der Waals surface area contributed by atoms with E-state index in [0.717, 1.165) is 18.8 Å². The second-order valence-electron chi connectivity index (χ2n) is 4.56. The maximum absolute atomic E-state index is 11.3. The molecule has 92 valence electrons. The zero-order valence-electron chi connectivity index (χ0n) is 10.1. The number of carbonyl (C=O) groups excluding carboxylic acids is 1. The van der Waals surface area contributed by atoms with Gasteiger partial charge in [0.15, 0.2) is 0 Å². The summed E-state index contributed by atoms with van der Waals surface area (Å²) in [5.74, 6) is -0.369. The lowest BCUT2D eigenvalue weighted by Crippen LogP contribution is -2.36. The van der Waals surface area contributed by atoms with E-state index in [1.54, 1.807) is 6.07 Å². The molecule has 0 aliphatic carbocycles. The normalized spacial score (nSPS) is 19.2. The molecule has 1 fully saturated rings. The molecule has 1 aromatic rings. The van der Waals surface area contributed by atoms with Crippen LogP contribution in [0, 0.1) is 0 Å². The second-order valence-corrected chi connectivity index (χ2v) is 4.56. The van der Waals surface area contributed by atoms with Gasteiger partial charge < -0.3 is 16.0 Å². The Labute approximate surface area is 102 Å². The third kappa shape index (κ3) is 2.77. The highest BCUT2D eigenvalue weighted by molar-refractivity contribution is 5.98. The molecular formula is C13H19N3O. The van der Waals surface area contributed by atoms with Gasteiger partial charge in [-0.05, 0) is 31.5 Å². The van der Waals surface area contributed by atoms with Crippen molar-refractivity contribution in [3.8, 4) is 0 Å². The Bertz CT molecular complexity index is 399. The average molecular weight is 233 g/mol. The number of para-hydroxylation sites is 1. The van der Waals surface area contributed by atoms with E-state index in [9.17, 15) is 4.79 Å². The first-order valence-electron chi connectivity index (χ1n) is 6.02. The number of hydrogen-bond donors (Lipinski definition) is 2. The standard InChI is InChI=1S/C13H19N3O/c1-16(9-10-5-4-8-15-10)12-7-3-2-6-11(12)13(14)17/h2-3,6-7,10,15H,4-5,8-9H2,1H3,(H2,14,17). The number of hydrogen-bond acceptors (Lipinski definition) is 3. The highest BCUT2D eigenvalue weighted by Crippen LogP contribution is 2.19. The molecule has 3 N–H and O–H groups in total. The van der Waals surface area contributed by atoms with Crippen molar-refractivity contribution in [2.45, 2.75) is 18.9 Å². The first-order chi connectivity index (χ1) is 8.18. The second kappa shape index (κ2) is 5.19. The summed E-state index contributed by atoms with van der Waals surface area (Å²) in [6.07, 6.45) is 2.43. The number of nitrogens with one attached hydrogen (secondary N) is 1. The molecule has 0 saturated carbocycles. The Morgan fingerprint density at radius 3 is 2.94 bits per heavy atom. The molecule has 1 aliphatic rings. The molecule has 1 amide bonds. The van der Waals surface area contributed by atoms with Crippen molar-refractivity contribution in [3.05, 3.63) is 29.8 Å². The molecule has 1 atom stereocenters. The SMILES string of the molecule is CN(CC1CCCN1)c1ccccc1C(N)=O. The van der Waals surface area contributed by atoms with Crippen LogP contribution in [0.3, 0.4) is 0 Å². The molecule has 2 rings (SSSR count). The third-order valence-electron chi connectivity index (χ3n) is 3.24. The molecule has 1 aromatic carbocycles. The van der Waals surface area contributed by atoms with Gasteiger partial charge in [0, 0.05) is 25.3 Å². The van der Waals surface area contributed by atoms with Crippen molar-refractivity contribution >= 4 is 11.6 Å². The number of anilines is 1. The number of benzene rings is 1. The third-order valence-corrected chi connectivity index (χ3v) is 3.24. The number of amides is 1. The van der Waals surface area contributed by atoms with Crippen LogP contribution in [-0.4, -0.2) is 32.1 Å². The predicted molar refractivity (Wildman–Crippen MR) is 69.3 cm³/mol. The van der Waals surface area contributed by atoms with Crippen LogP contribution in [0.15, 0.2) is 24.3 Å². The molecule has 17 heavy (non-hydrogen) atoms. The van der Waals surface area contributed by atoms with Gasteiger partial charge in [-0.2, -0.15) is 0 Å². The number of carbonyl (C=O) groups is 1. The zero-order valence-corrected chi connectivity index (χ0v) is 10.1. The summed E-state index contributed by atoms with van der Waals surface area (Å²) in [6, 6.07) is 8.00. The minimum atomic E-state index is -0.369. The van der Waals surface area contributed by atoms with E-state index in [-0.39, 0.29) is 5.91 Å². The van der Waals surface area contributed by atoms with Crippen molar-refractivity contribution < 1.29 is 4.79 Å². The highest BCUT2D eigenvalue weighted by Gasteiger charge is 2.18. The Balaban J connectivity index is 2.12. The van der Waals surface area contributed by atoms with E-state index in [0.29, 0.717) is 11.6 Å². The van der Waals surface area contributed by atoms with Gasteiger partial charge in [0.25, 0.3) is 5.91 Å². The van der Waals surface area contributed by atoms with Gasteiger partial charge in [-0.15, -0.1) is 0 Å². The van der Waals surface area contributed by atoms with Crippen molar-refractivity contribution in [2.75, 3.05) is 25.0 Å². The zero-order chi connectivity index (χ0) is 12.3. The number of primary amides is 1. The van der Waals surface area contributed by atoms with Gasteiger partial charge in [0.2, 0.25) is 0 Å². The Morgan fingerprint density at radius 1 is 1.53 bits per heavy atom. The predicted octanol–water partition coefficient (Wildman–Crippen LogP) is 0.974. The first-order valence-corrected chi connectivity index (χ1v) is 6.02.